The fourth-order valence-corrected chi connectivity index (χ4v) is 4.77. The van der Waals surface area contributed by atoms with E-state index in [9.17, 15) is 4.79 Å². The Morgan fingerprint density at radius 1 is 1.03 bits per heavy atom. The molecule has 0 fully saturated rings. The molecule has 0 aromatic heterocycles. The lowest BCUT2D eigenvalue weighted by molar-refractivity contribution is 0.0886. The molecule has 1 N–H and O–H groups in total. The van der Waals surface area contributed by atoms with E-state index in [0.29, 0.717) is 33.9 Å². The van der Waals surface area contributed by atoms with Gasteiger partial charge in [-0.1, -0.05) is 40.4 Å². The van der Waals surface area contributed by atoms with E-state index in [1.54, 1.807) is 20.3 Å². The largest absolute Gasteiger partial charge is 0.492 e. The molecule has 0 bridgehead atoms. The van der Waals surface area contributed by atoms with Crippen LogP contribution in [-0.2, 0) is 0 Å². The molecule has 1 aromatic carbocycles. The summed E-state index contributed by atoms with van der Waals surface area (Å²) >= 11 is 3.50. The quantitative estimate of drug-likeness (QED) is 0.425. The van der Waals surface area contributed by atoms with Crippen LogP contribution in [0.2, 0.25) is 25.7 Å². The van der Waals surface area contributed by atoms with Gasteiger partial charge in [0.1, 0.15) is 0 Å². The third-order valence-corrected chi connectivity index (χ3v) is 6.61. The van der Waals surface area contributed by atoms with Crippen molar-refractivity contribution in [3.05, 3.63) is 16.1 Å². The number of ether oxygens (including phenoxy) is 3. The molecule has 0 atom stereocenters. The van der Waals surface area contributed by atoms with Crippen LogP contribution in [-0.4, -0.2) is 40.3 Å². The van der Waals surface area contributed by atoms with Crippen molar-refractivity contribution in [2.75, 3.05) is 20.8 Å². The maximum Gasteiger partial charge on any atom is 0.255 e. The van der Waals surface area contributed by atoms with Crippen LogP contribution in [0.5, 0.6) is 17.2 Å². The Morgan fingerprint density at radius 3 is 2.03 bits per heavy atom. The van der Waals surface area contributed by atoms with Gasteiger partial charge in [0.2, 0.25) is 5.75 Å². The molecule has 0 saturated heterocycles. The number of amides is 1. The van der Waals surface area contributed by atoms with Crippen molar-refractivity contribution in [1.82, 2.24) is 5.32 Å². The van der Waals surface area contributed by atoms with Crippen LogP contribution < -0.4 is 19.5 Å². The highest BCUT2D eigenvalue weighted by Crippen LogP contribution is 2.45. The minimum atomic E-state index is -1.29. The van der Waals surface area contributed by atoms with E-state index in [1.807, 2.05) is 13.8 Å². The highest BCUT2D eigenvalue weighted by atomic mass is 79.9. The third-order valence-electron chi connectivity index (χ3n) is 4.32. The molecule has 0 aliphatic rings. The average molecular weight is 489 g/mol. The van der Waals surface area contributed by atoms with Crippen LogP contribution >= 0.6 is 15.9 Å². The molecule has 1 aromatic rings. The van der Waals surface area contributed by atoms with Gasteiger partial charge in [-0.05, 0) is 53.7 Å². The van der Waals surface area contributed by atoms with Gasteiger partial charge in [0.05, 0.1) is 30.9 Å². The van der Waals surface area contributed by atoms with Gasteiger partial charge in [0.25, 0.3) is 5.91 Å². The lowest BCUT2D eigenvalue weighted by Gasteiger charge is -2.33. The zero-order valence-electron chi connectivity index (χ0n) is 19.7. The molecule has 5 nitrogen and oxygen atoms in total. The Balaban J connectivity index is 3.32. The maximum atomic E-state index is 13.2. The molecular formula is C22H38BrNO4Si. The van der Waals surface area contributed by atoms with E-state index >= 15 is 0 Å². The summed E-state index contributed by atoms with van der Waals surface area (Å²) in [5.74, 6) is 1.18. The van der Waals surface area contributed by atoms with E-state index < -0.39 is 8.07 Å². The first kappa shape index (κ1) is 25.8. The van der Waals surface area contributed by atoms with Crippen molar-refractivity contribution >= 4 is 29.9 Å². The van der Waals surface area contributed by atoms with Crippen molar-refractivity contribution in [2.24, 2.45) is 5.41 Å². The third kappa shape index (κ3) is 8.20. The molecule has 0 heterocycles. The molecule has 1 rings (SSSR count). The van der Waals surface area contributed by atoms with Gasteiger partial charge in [-0.25, -0.2) is 0 Å². The minimum Gasteiger partial charge on any atom is -0.492 e. The van der Waals surface area contributed by atoms with Crippen molar-refractivity contribution in [2.45, 2.75) is 72.3 Å². The van der Waals surface area contributed by atoms with Crippen LogP contribution in [0.25, 0.3) is 0 Å². The predicted molar refractivity (Wildman–Crippen MR) is 127 cm³/mol. The van der Waals surface area contributed by atoms with Gasteiger partial charge in [-0.3, -0.25) is 4.79 Å². The Labute approximate surface area is 186 Å². The van der Waals surface area contributed by atoms with Crippen molar-refractivity contribution in [3.8, 4) is 17.2 Å². The molecule has 7 heteroatoms. The Hall–Kier alpha value is -1.21. The van der Waals surface area contributed by atoms with Gasteiger partial charge >= 0.3 is 0 Å². The van der Waals surface area contributed by atoms with E-state index in [1.165, 1.54) is 0 Å². The number of benzene rings is 1. The number of hydrogen-bond acceptors (Lipinski definition) is 4. The number of halogens is 1. The van der Waals surface area contributed by atoms with Gasteiger partial charge < -0.3 is 19.5 Å². The first-order valence-corrected chi connectivity index (χ1v) is 14.5. The molecule has 1 amide bonds. The summed E-state index contributed by atoms with van der Waals surface area (Å²) in [5, 5.41) is 3.16. The van der Waals surface area contributed by atoms with Crippen LogP contribution in [0, 0.1) is 5.41 Å². The second kappa shape index (κ2) is 9.73. The standard InChI is InChI=1S/C22H38BrNO4Si/c1-21(2,3)14-22(4,5)24-20(25)15-13-16(23)18(26-6)19(27-7)17(15)28-11-12-29(8,9)10/h13H,11-12,14H2,1-10H3,(H,24,25). The average Bonchev–Trinajstić information content (AvgIpc) is 2.51. The van der Waals surface area contributed by atoms with Gasteiger partial charge in [-0.15, -0.1) is 0 Å². The fraction of sp³-hybridized carbons (Fsp3) is 0.682. The zero-order chi connectivity index (χ0) is 22.6. The molecule has 0 unspecified atom stereocenters. The fourth-order valence-electron chi connectivity index (χ4n) is 3.48. The van der Waals surface area contributed by atoms with Crippen LogP contribution in [0.4, 0.5) is 0 Å². The summed E-state index contributed by atoms with van der Waals surface area (Å²) in [6, 6.07) is 2.72. The number of carbonyl (C=O) groups is 1. The highest BCUT2D eigenvalue weighted by molar-refractivity contribution is 9.10. The smallest absolute Gasteiger partial charge is 0.255 e. The summed E-state index contributed by atoms with van der Waals surface area (Å²) < 4.78 is 17.8. The number of hydrogen-bond donors (Lipinski definition) is 1. The second-order valence-corrected chi connectivity index (χ2v) is 17.0. The minimum absolute atomic E-state index is 0.0889. The van der Waals surface area contributed by atoms with Gasteiger partial charge in [0.15, 0.2) is 11.5 Å². The highest BCUT2D eigenvalue weighted by Gasteiger charge is 2.31. The number of nitrogens with one attached hydrogen (secondary N) is 1. The zero-order valence-corrected chi connectivity index (χ0v) is 22.3. The summed E-state index contributed by atoms with van der Waals surface area (Å²) in [4.78, 5) is 13.2. The van der Waals surface area contributed by atoms with Crippen molar-refractivity contribution in [3.63, 3.8) is 0 Å². The summed E-state index contributed by atoms with van der Waals surface area (Å²) in [6.07, 6.45) is 0.839. The van der Waals surface area contributed by atoms with Crippen molar-refractivity contribution in [1.29, 1.82) is 0 Å². The second-order valence-electron chi connectivity index (χ2n) is 10.5. The van der Waals surface area contributed by atoms with E-state index in [4.69, 9.17) is 14.2 Å². The lowest BCUT2D eigenvalue weighted by Crippen LogP contribution is -2.46. The lowest BCUT2D eigenvalue weighted by atomic mass is 9.81. The monoisotopic (exact) mass is 487 g/mol. The van der Waals surface area contributed by atoms with E-state index in [-0.39, 0.29) is 16.9 Å². The number of rotatable bonds is 9. The Morgan fingerprint density at radius 2 is 1.59 bits per heavy atom. The van der Waals surface area contributed by atoms with Crippen molar-refractivity contribution < 1.29 is 19.0 Å². The molecule has 0 spiro atoms. The van der Waals surface area contributed by atoms with Gasteiger partial charge in [0, 0.05) is 13.6 Å². The van der Waals surface area contributed by atoms with Crippen LogP contribution in [0.3, 0.4) is 0 Å². The molecule has 29 heavy (non-hydrogen) atoms. The topological polar surface area (TPSA) is 56.8 Å². The SMILES string of the molecule is COc1c(Br)cc(C(=O)NC(C)(C)CC(C)(C)C)c(OCC[Si](C)(C)C)c1OC. The Bertz CT molecular complexity index is 721. The first-order chi connectivity index (χ1) is 13.1. The first-order valence-electron chi connectivity index (χ1n) is 10.00. The van der Waals surface area contributed by atoms with Crippen LogP contribution in [0.1, 0.15) is 51.4 Å². The van der Waals surface area contributed by atoms with E-state index in [0.717, 1.165) is 12.5 Å². The maximum absolute atomic E-state index is 13.2. The van der Waals surface area contributed by atoms with E-state index in [2.05, 4.69) is 61.7 Å². The summed E-state index contributed by atoms with van der Waals surface area (Å²) in [6.45, 7) is 18.0. The molecule has 0 saturated carbocycles. The van der Waals surface area contributed by atoms with Crippen LogP contribution in [0.15, 0.2) is 10.5 Å². The number of methoxy groups -OCH3 is 2. The molecule has 0 aliphatic carbocycles. The van der Waals surface area contributed by atoms with Gasteiger partial charge in [-0.2, -0.15) is 0 Å². The summed E-state index contributed by atoms with van der Waals surface area (Å²) in [5.41, 5.74) is 0.156. The molecule has 0 radical (unpaired) electrons. The number of carbonyl (C=O) groups excluding carboxylic acids is 1. The summed E-state index contributed by atoms with van der Waals surface area (Å²) in [7, 11) is 1.84. The normalized spacial score (nSPS) is 12.5. The molecule has 166 valence electrons. The molecular weight excluding hydrogens is 450 g/mol. The predicted octanol–water partition coefficient (Wildman–Crippen LogP) is 6.13. The Kier molecular flexibility index (Phi) is 8.66. The molecule has 0 aliphatic heterocycles.